The van der Waals surface area contributed by atoms with Gasteiger partial charge in [-0.25, -0.2) is 0 Å². The molecule has 0 saturated carbocycles. The van der Waals surface area contributed by atoms with Gasteiger partial charge in [0.15, 0.2) is 6.61 Å². The van der Waals surface area contributed by atoms with E-state index in [1.54, 1.807) is 18.2 Å². The second-order valence-electron chi connectivity index (χ2n) is 5.70. The van der Waals surface area contributed by atoms with Gasteiger partial charge >= 0.3 is 5.97 Å². The van der Waals surface area contributed by atoms with E-state index in [2.05, 4.69) is 11.8 Å². The first-order chi connectivity index (χ1) is 12.6. The van der Waals surface area contributed by atoms with Crippen molar-refractivity contribution in [3.8, 4) is 11.8 Å². The maximum Gasteiger partial charge on any atom is 0.319 e. The van der Waals surface area contributed by atoms with Gasteiger partial charge in [0.25, 0.3) is 0 Å². The van der Waals surface area contributed by atoms with Crippen LogP contribution in [-0.4, -0.2) is 25.0 Å². The van der Waals surface area contributed by atoms with Crippen molar-refractivity contribution in [1.82, 2.24) is 0 Å². The van der Waals surface area contributed by atoms with Crippen LogP contribution in [0.1, 0.15) is 12.0 Å². The molecule has 2 aromatic carbocycles. The van der Waals surface area contributed by atoms with Crippen LogP contribution in [0.15, 0.2) is 48.5 Å². The van der Waals surface area contributed by atoms with Gasteiger partial charge in [-0.2, -0.15) is 0 Å². The molecule has 1 aliphatic rings. The third kappa shape index (κ3) is 4.19. The molecule has 0 bridgehead atoms. The molecule has 0 unspecified atom stereocenters. The van der Waals surface area contributed by atoms with Gasteiger partial charge in [0.1, 0.15) is 5.92 Å². The smallest absolute Gasteiger partial charge is 0.319 e. The summed E-state index contributed by atoms with van der Waals surface area (Å²) in [6.07, 6.45) is 0.368. The lowest BCUT2D eigenvalue weighted by molar-refractivity contribution is -0.149. The highest BCUT2D eigenvalue weighted by Gasteiger charge is 2.39. The van der Waals surface area contributed by atoms with Crippen molar-refractivity contribution in [3.63, 3.8) is 0 Å². The van der Waals surface area contributed by atoms with Crippen LogP contribution in [0.25, 0.3) is 0 Å². The van der Waals surface area contributed by atoms with E-state index in [0.29, 0.717) is 28.7 Å². The first kappa shape index (κ1) is 18.3. The minimum atomic E-state index is -0.844. The molecular formula is C20H15Cl2NO3. The molecule has 3 rings (SSSR count). The lowest BCUT2D eigenvalue weighted by Crippen LogP contribution is -2.31. The van der Waals surface area contributed by atoms with Crippen molar-refractivity contribution in [1.29, 1.82) is 0 Å². The Morgan fingerprint density at radius 3 is 2.73 bits per heavy atom. The second-order valence-corrected chi connectivity index (χ2v) is 6.55. The Morgan fingerprint density at radius 2 is 1.96 bits per heavy atom. The molecule has 1 heterocycles. The molecule has 1 aliphatic heterocycles. The molecule has 1 amide bonds. The molecule has 26 heavy (non-hydrogen) atoms. The molecule has 1 fully saturated rings. The number of benzene rings is 2. The first-order valence-electron chi connectivity index (χ1n) is 8.03. The number of esters is 1. The Bertz CT molecular complexity index is 887. The average Bonchev–Trinajstić information content (AvgIpc) is 3.03. The van der Waals surface area contributed by atoms with Crippen LogP contribution in [-0.2, 0) is 14.3 Å². The number of hydrogen-bond acceptors (Lipinski definition) is 3. The molecule has 0 aromatic heterocycles. The summed E-state index contributed by atoms with van der Waals surface area (Å²) in [6, 6.07) is 14.3. The molecule has 6 heteroatoms. The lowest BCUT2D eigenvalue weighted by atomic mass is 10.1. The van der Waals surface area contributed by atoms with Gasteiger partial charge < -0.3 is 9.64 Å². The van der Waals surface area contributed by atoms with Gasteiger partial charge in [-0.15, -0.1) is 0 Å². The van der Waals surface area contributed by atoms with Crippen molar-refractivity contribution >= 4 is 40.8 Å². The molecule has 0 spiro atoms. The standard InChI is InChI=1S/C20H15Cl2NO3/c21-15-8-9-17(22)18(13-15)23-11-10-16(19(23)24)20(25)26-12-4-7-14-5-2-1-3-6-14/h1-3,5-6,8-9,13,16H,10-12H2/t16-/m0/s1. The molecule has 0 aliphatic carbocycles. The zero-order valence-corrected chi connectivity index (χ0v) is 15.3. The Balaban J connectivity index is 1.60. The summed E-state index contributed by atoms with van der Waals surface area (Å²) in [5, 5.41) is 0.880. The van der Waals surface area contributed by atoms with Crippen LogP contribution in [0.5, 0.6) is 0 Å². The summed E-state index contributed by atoms with van der Waals surface area (Å²) in [7, 11) is 0. The monoisotopic (exact) mass is 387 g/mol. The van der Waals surface area contributed by atoms with Crippen LogP contribution in [0, 0.1) is 17.8 Å². The Kier molecular flexibility index (Phi) is 5.82. The van der Waals surface area contributed by atoms with Crippen LogP contribution in [0.3, 0.4) is 0 Å². The van der Waals surface area contributed by atoms with E-state index in [9.17, 15) is 9.59 Å². The minimum absolute atomic E-state index is 0.0601. The topological polar surface area (TPSA) is 46.6 Å². The summed E-state index contributed by atoms with van der Waals surface area (Å²) < 4.78 is 5.14. The van der Waals surface area contributed by atoms with Crippen LogP contribution < -0.4 is 4.90 Å². The fourth-order valence-corrected chi connectivity index (χ4v) is 3.08. The van der Waals surface area contributed by atoms with Gasteiger partial charge in [0.05, 0.1) is 10.7 Å². The van der Waals surface area contributed by atoms with Gasteiger partial charge in [0, 0.05) is 17.1 Å². The molecule has 1 atom stereocenters. The molecule has 1 saturated heterocycles. The number of carbonyl (C=O) groups excluding carboxylic acids is 2. The predicted molar refractivity (Wildman–Crippen MR) is 101 cm³/mol. The van der Waals surface area contributed by atoms with Crippen molar-refractivity contribution in [2.45, 2.75) is 6.42 Å². The van der Waals surface area contributed by atoms with E-state index in [0.717, 1.165) is 5.56 Å². The van der Waals surface area contributed by atoms with E-state index in [-0.39, 0.29) is 12.5 Å². The lowest BCUT2D eigenvalue weighted by Gasteiger charge is -2.18. The number of halogens is 2. The van der Waals surface area contributed by atoms with E-state index < -0.39 is 11.9 Å². The largest absolute Gasteiger partial charge is 0.452 e. The molecular weight excluding hydrogens is 373 g/mol. The first-order valence-corrected chi connectivity index (χ1v) is 8.79. The fourth-order valence-electron chi connectivity index (χ4n) is 2.70. The Labute approximate surface area is 161 Å². The van der Waals surface area contributed by atoms with Crippen LogP contribution >= 0.6 is 23.2 Å². The van der Waals surface area contributed by atoms with Gasteiger partial charge in [-0.1, -0.05) is 53.2 Å². The summed E-state index contributed by atoms with van der Waals surface area (Å²) in [6.45, 7) is 0.323. The third-order valence-electron chi connectivity index (χ3n) is 3.98. The van der Waals surface area contributed by atoms with Crippen molar-refractivity contribution in [3.05, 3.63) is 64.1 Å². The molecule has 2 aromatic rings. The van der Waals surface area contributed by atoms with Crippen LogP contribution in [0.4, 0.5) is 5.69 Å². The van der Waals surface area contributed by atoms with Crippen LogP contribution in [0.2, 0.25) is 10.0 Å². The highest BCUT2D eigenvalue weighted by Crippen LogP contribution is 2.33. The van der Waals surface area contributed by atoms with E-state index in [1.165, 1.54) is 4.90 Å². The van der Waals surface area contributed by atoms with E-state index in [4.69, 9.17) is 27.9 Å². The number of ether oxygens (including phenoxy) is 1. The maximum absolute atomic E-state index is 12.6. The Morgan fingerprint density at radius 1 is 1.19 bits per heavy atom. The normalized spacial score (nSPS) is 16.2. The quantitative estimate of drug-likeness (QED) is 0.455. The summed E-state index contributed by atoms with van der Waals surface area (Å²) >= 11 is 12.1. The number of amides is 1. The fraction of sp³-hybridized carbons (Fsp3) is 0.200. The van der Waals surface area contributed by atoms with Gasteiger partial charge in [-0.05, 0) is 36.8 Å². The summed E-state index contributed by atoms with van der Waals surface area (Å²) in [5.41, 5.74) is 1.34. The SMILES string of the molecule is O=C(OCC#Cc1ccccc1)[C@H]1CCN(c2cc(Cl)ccc2Cl)C1=O. The molecule has 132 valence electrons. The molecule has 0 N–H and O–H groups in total. The van der Waals surface area contributed by atoms with Crippen molar-refractivity contribution in [2.24, 2.45) is 5.92 Å². The highest BCUT2D eigenvalue weighted by atomic mass is 35.5. The predicted octanol–water partition coefficient (Wildman–Crippen LogP) is 3.94. The number of hydrogen-bond donors (Lipinski definition) is 0. The number of carbonyl (C=O) groups is 2. The zero-order valence-electron chi connectivity index (χ0n) is 13.7. The van der Waals surface area contributed by atoms with Gasteiger partial charge in [-0.3, -0.25) is 9.59 Å². The second kappa shape index (κ2) is 8.27. The zero-order chi connectivity index (χ0) is 18.5. The minimum Gasteiger partial charge on any atom is -0.452 e. The molecule has 4 nitrogen and oxygen atoms in total. The van der Waals surface area contributed by atoms with Crippen molar-refractivity contribution in [2.75, 3.05) is 18.1 Å². The number of anilines is 1. The van der Waals surface area contributed by atoms with E-state index >= 15 is 0 Å². The van der Waals surface area contributed by atoms with Crippen molar-refractivity contribution < 1.29 is 14.3 Å². The van der Waals surface area contributed by atoms with E-state index in [1.807, 2.05) is 30.3 Å². The average molecular weight is 388 g/mol. The summed E-state index contributed by atoms with van der Waals surface area (Å²) in [4.78, 5) is 26.2. The molecule has 0 radical (unpaired) electrons. The Hall–Kier alpha value is -2.48. The number of nitrogens with zero attached hydrogens (tertiary/aromatic N) is 1. The number of rotatable bonds is 3. The van der Waals surface area contributed by atoms with Gasteiger partial charge in [0.2, 0.25) is 5.91 Å². The third-order valence-corrected chi connectivity index (χ3v) is 4.54. The summed E-state index contributed by atoms with van der Waals surface area (Å²) in [5.74, 6) is 3.92. The highest BCUT2D eigenvalue weighted by molar-refractivity contribution is 6.36. The maximum atomic E-state index is 12.6.